The molecule has 4 nitrogen and oxygen atoms in total. The maximum Gasteiger partial charge on any atom is 0.217 e. The molecular weight excluding hydrogens is 234 g/mol. The molecular formula is C12H15N3OS. The van der Waals surface area contributed by atoms with Crippen molar-refractivity contribution in [3.8, 4) is 5.88 Å². The van der Waals surface area contributed by atoms with Crippen LogP contribution >= 0.6 is 11.3 Å². The number of nitrogens with one attached hydrogen (secondary N) is 1. The summed E-state index contributed by atoms with van der Waals surface area (Å²) in [6, 6.07) is 3.92. The lowest BCUT2D eigenvalue weighted by atomic mass is 10.2. The molecule has 1 N–H and O–H groups in total. The van der Waals surface area contributed by atoms with Gasteiger partial charge in [0.1, 0.15) is 0 Å². The number of hydrogen-bond donors (Lipinski definition) is 1. The second-order valence-electron chi connectivity index (χ2n) is 3.62. The average molecular weight is 249 g/mol. The molecule has 0 amide bonds. The minimum absolute atomic E-state index is 0.681. The Kier molecular flexibility index (Phi) is 4.06. The van der Waals surface area contributed by atoms with Crippen LogP contribution in [0.15, 0.2) is 24.5 Å². The van der Waals surface area contributed by atoms with Crippen molar-refractivity contribution in [1.29, 1.82) is 0 Å². The van der Waals surface area contributed by atoms with E-state index in [4.69, 9.17) is 4.74 Å². The SMILES string of the molecule is COc1ncccc1CNCc1cnc(C)s1. The van der Waals surface area contributed by atoms with Crippen LogP contribution in [0, 0.1) is 6.92 Å². The smallest absolute Gasteiger partial charge is 0.217 e. The second kappa shape index (κ2) is 5.75. The van der Waals surface area contributed by atoms with E-state index in [1.165, 1.54) is 4.88 Å². The van der Waals surface area contributed by atoms with Crippen molar-refractivity contribution in [3.05, 3.63) is 40.0 Å². The standard InChI is InChI=1S/C12H15N3OS/c1-9-15-8-11(17-9)7-13-6-10-4-3-5-14-12(10)16-2/h3-5,8,13H,6-7H2,1-2H3. The Labute approximate surface area is 105 Å². The van der Waals surface area contributed by atoms with Crippen LogP contribution < -0.4 is 10.1 Å². The summed E-state index contributed by atoms with van der Waals surface area (Å²) in [4.78, 5) is 9.61. The molecule has 0 aliphatic rings. The predicted molar refractivity (Wildman–Crippen MR) is 68.2 cm³/mol. The first-order valence-electron chi connectivity index (χ1n) is 5.39. The first-order chi connectivity index (χ1) is 8.29. The zero-order chi connectivity index (χ0) is 12.1. The van der Waals surface area contributed by atoms with E-state index in [-0.39, 0.29) is 0 Å². The summed E-state index contributed by atoms with van der Waals surface area (Å²) in [5, 5.41) is 4.45. The minimum Gasteiger partial charge on any atom is -0.481 e. The Morgan fingerprint density at radius 1 is 1.35 bits per heavy atom. The quantitative estimate of drug-likeness (QED) is 0.882. The Balaban J connectivity index is 1.89. The molecule has 90 valence electrons. The van der Waals surface area contributed by atoms with Gasteiger partial charge >= 0.3 is 0 Å². The lowest BCUT2D eigenvalue weighted by Crippen LogP contribution is -2.12. The van der Waals surface area contributed by atoms with Gasteiger partial charge < -0.3 is 10.1 Å². The number of aryl methyl sites for hydroxylation is 1. The summed E-state index contributed by atoms with van der Waals surface area (Å²) in [6.07, 6.45) is 3.64. The lowest BCUT2D eigenvalue weighted by Gasteiger charge is -2.07. The van der Waals surface area contributed by atoms with Crippen LogP contribution in [0.2, 0.25) is 0 Å². The van der Waals surface area contributed by atoms with Gasteiger partial charge in [-0.1, -0.05) is 6.07 Å². The van der Waals surface area contributed by atoms with E-state index in [0.717, 1.165) is 23.7 Å². The molecule has 0 bridgehead atoms. The maximum absolute atomic E-state index is 5.19. The minimum atomic E-state index is 0.681. The molecule has 0 saturated heterocycles. The van der Waals surface area contributed by atoms with Gasteiger partial charge in [0.05, 0.1) is 12.1 Å². The summed E-state index contributed by atoms with van der Waals surface area (Å²) in [5.41, 5.74) is 1.07. The molecule has 0 unspecified atom stereocenters. The number of aromatic nitrogens is 2. The molecule has 5 heteroatoms. The summed E-state index contributed by atoms with van der Waals surface area (Å²) >= 11 is 1.71. The second-order valence-corrected chi connectivity index (χ2v) is 4.94. The molecule has 0 radical (unpaired) electrons. The average Bonchev–Trinajstić information content (AvgIpc) is 2.76. The Bertz CT molecular complexity index is 484. The Morgan fingerprint density at radius 3 is 2.94 bits per heavy atom. The molecule has 2 aromatic heterocycles. The first kappa shape index (κ1) is 12.0. The highest BCUT2D eigenvalue weighted by Crippen LogP contribution is 2.14. The van der Waals surface area contributed by atoms with Gasteiger partial charge in [-0.25, -0.2) is 9.97 Å². The zero-order valence-electron chi connectivity index (χ0n) is 9.93. The molecule has 0 aliphatic heterocycles. The van der Waals surface area contributed by atoms with Gasteiger partial charge in [0.2, 0.25) is 5.88 Å². The normalized spacial score (nSPS) is 10.5. The number of pyridine rings is 1. The highest BCUT2D eigenvalue weighted by molar-refractivity contribution is 7.11. The van der Waals surface area contributed by atoms with E-state index in [1.54, 1.807) is 24.6 Å². The summed E-state index contributed by atoms with van der Waals surface area (Å²) in [6.45, 7) is 3.58. The van der Waals surface area contributed by atoms with Crippen LogP contribution in [0.1, 0.15) is 15.4 Å². The Hall–Kier alpha value is -1.46. The van der Waals surface area contributed by atoms with Gasteiger partial charge in [-0.15, -0.1) is 11.3 Å². The van der Waals surface area contributed by atoms with Crippen LogP contribution in [-0.4, -0.2) is 17.1 Å². The van der Waals surface area contributed by atoms with Gasteiger partial charge in [-0.3, -0.25) is 0 Å². The van der Waals surface area contributed by atoms with E-state index in [9.17, 15) is 0 Å². The van der Waals surface area contributed by atoms with Crippen molar-refractivity contribution in [2.45, 2.75) is 20.0 Å². The largest absolute Gasteiger partial charge is 0.481 e. The summed E-state index contributed by atoms with van der Waals surface area (Å²) in [5.74, 6) is 0.681. The molecule has 2 heterocycles. The molecule has 0 fully saturated rings. The zero-order valence-corrected chi connectivity index (χ0v) is 10.8. The van der Waals surface area contributed by atoms with Gasteiger partial charge in [0.25, 0.3) is 0 Å². The number of thiazole rings is 1. The molecule has 0 aliphatic carbocycles. The van der Waals surface area contributed by atoms with E-state index >= 15 is 0 Å². The topological polar surface area (TPSA) is 47.0 Å². The number of ether oxygens (including phenoxy) is 1. The fourth-order valence-electron chi connectivity index (χ4n) is 1.55. The van der Waals surface area contributed by atoms with E-state index in [1.807, 2.05) is 25.3 Å². The number of nitrogens with zero attached hydrogens (tertiary/aromatic N) is 2. The van der Waals surface area contributed by atoms with Crippen molar-refractivity contribution in [1.82, 2.24) is 15.3 Å². The van der Waals surface area contributed by atoms with Crippen molar-refractivity contribution in [2.24, 2.45) is 0 Å². The fourth-order valence-corrected chi connectivity index (χ4v) is 2.31. The number of methoxy groups -OCH3 is 1. The van der Waals surface area contributed by atoms with Crippen LogP contribution in [0.3, 0.4) is 0 Å². The molecule has 2 aromatic rings. The van der Waals surface area contributed by atoms with E-state index < -0.39 is 0 Å². The maximum atomic E-state index is 5.19. The lowest BCUT2D eigenvalue weighted by molar-refractivity contribution is 0.390. The monoisotopic (exact) mass is 249 g/mol. The molecule has 0 atom stereocenters. The van der Waals surface area contributed by atoms with E-state index in [0.29, 0.717) is 5.88 Å². The predicted octanol–water partition coefficient (Wildman–Crippen LogP) is 2.14. The number of hydrogen-bond acceptors (Lipinski definition) is 5. The molecule has 0 spiro atoms. The fraction of sp³-hybridized carbons (Fsp3) is 0.333. The van der Waals surface area contributed by atoms with Gasteiger partial charge in [0, 0.05) is 35.9 Å². The third-order valence-electron chi connectivity index (χ3n) is 2.33. The van der Waals surface area contributed by atoms with Crippen LogP contribution in [0.5, 0.6) is 5.88 Å². The molecule has 17 heavy (non-hydrogen) atoms. The van der Waals surface area contributed by atoms with Crippen molar-refractivity contribution >= 4 is 11.3 Å². The van der Waals surface area contributed by atoms with E-state index in [2.05, 4.69) is 15.3 Å². The highest BCUT2D eigenvalue weighted by Gasteiger charge is 2.03. The van der Waals surface area contributed by atoms with Crippen molar-refractivity contribution < 1.29 is 4.74 Å². The Morgan fingerprint density at radius 2 is 2.24 bits per heavy atom. The van der Waals surface area contributed by atoms with Crippen molar-refractivity contribution in [2.75, 3.05) is 7.11 Å². The highest BCUT2D eigenvalue weighted by atomic mass is 32.1. The molecule has 0 aromatic carbocycles. The van der Waals surface area contributed by atoms with Crippen LogP contribution in [0.4, 0.5) is 0 Å². The summed E-state index contributed by atoms with van der Waals surface area (Å²) in [7, 11) is 1.64. The van der Waals surface area contributed by atoms with Crippen LogP contribution in [-0.2, 0) is 13.1 Å². The third-order valence-corrected chi connectivity index (χ3v) is 3.24. The summed E-state index contributed by atoms with van der Waals surface area (Å²) < 4.78 is 5.19. The van der Waals surface area contributed by atoms with Crippen molar-refractivity contribution in [3.63, 3.8) is 0 Å². The van der Waals surface area contributed by atoms with Crippen LogP contribution in [0.25, 0.3) is 0 Å². The molecule has 0 saturated carbocycles. The molecule has 2 rings (SSSR count). The van der Waals surface area contributed by atoms with Gasteiger partial charge in [-0.2, -0.15) is 0 Å². The van der Waals surface area contributed by atoms with Gasteiger partial charge in [0.15, 0.2) is 0 Å². The third kappa shape index (κ3) is 3.25. The first-order valence-corrected chi connectivity index (χ1v) is 6.21. The van der Waals surface area contributed by atoms with Gasteiger partial charge in [-0.05, 0) is 13.0 Å². The number of rotatable bonds is 5.